The molecule has 74 valence electrons. The zero-order valence-electron chi connectivity index (χ0n) is 8.91. The first-order valence-electron chi connectivity index (χ1n) is 2.25. The van der Waals surface area contributed by atoms with Gasteiger partial charge in [-0.2, -0.15) is 8.42 Å². The second-order valence-electron chi connectivity index (χ2n) is 1.46. The van der Waals surface area contributed by atoms with E-state index < -0.39 is 22.5 Å². The van der Waals surface area contributed by atoms with Gasteiger partial charge in [0.05, 0.1) is 0 Å². The van der Waals surface area contributed by atoms with E-state index in [4.69, 9.17) is 27.7 Å². The summed E-state index contributed by atoms with van der Waals surface area (Å²) in [5.74, 6) is -1.19. The predicted octanol–water partition coefficient (Wildman–Crippen LogP) is -1.36. The van der Waals surface area contributed by atoms with Crippen LogP contribution in [0.4, 0.5) is 0 Å². The Hall–Kier alpha value is 0.690. The number of carbonyl (C=O) groups is 1. The molecule has 4 N–H and O–H groups in total. The summed E-state index contributed by atoms with van der Waals surface area (Å²) in [7, 11) is -4.67. The molecule has 0 bridgehead atoms. The third-order valence-corrected chi connectivity index (χ3v) is 0.357. The Morgan fingerprint density at radius 3 is 1.46 bits per heavy atom. The van der Waals surface area contributed by atoms with Gasteiger partial charge in [0, 0.05) is 19.5 Å². The van der Waals surface area contributed by atoms with Gasteiger partial charge >= 0.3 is 39.4 Å². The molecule has 13 heavy (non-hydrogen) atoms. The summed E-state index contributed by atoms with van der Waals surface area (Å²) in [5.41, 5.74) is 0. The van der Waals surface area contributed by atoms with Gasteiger partial charge < -0.3 is 13.1 Å². The first-order valence-corrected chi connectivity index (χ1v) is 3.65. The predicted molar refractivity (Wildman–Crippen MR) is 41.5 cm³/mol. The normalized spacial score (nSPS) is 10.8. The average molecular weight is 280 g/mol. The standard InChI is InChI=1S/C3H6O3.Mg.H2O4S.Zn.2H/c1-2(4)3(5)6;;1-5(2,3)4;;;/h2,4H,1H3,(H,5,6);;(H2,1,2,3,4);;;/q;+2;;;2*-1. The summed E-state index contributed by atoms with van der Waals surface area (Å²) < 4.78 is 31.6. The summed E-state index contributed by atoms with van der Waals surface area (Å²) in [4.78, 5) is 9.45. The first kappa shape index (κ1) is 23.5. The van der Waals surface area contributed by atoms with Gasteiger partial charge in [-0.25, -0.2) is 4.79 Å². The van der Waals surface area contributed by atoms with Crippen molar-refractivity contribution >= 4 is 39.4 Å². The maximum absolute atomic E-state index is 9.45. The van der Waals surface area contributed by atoms with Crippen LogP contribution in [0.25, 0.3) is 0 Å². The Balaban J connectivity index is -0.0000000215. The molecule has 10 heteroatoms. The largest absolute Gasteiger partial charge is 2.00 e. The molecular formula is C3H10MgO7SZn. The van der Waals surface area contributed by atoms with Crippen molar-refractivity contribution < 1.29 is 54.9 Å². The molecule has 0 fully saturated rings. The second-order valence-corrected chi connectivity index (χ2v) is 2.36. The van der Waals surface area contributed by atoms with Gasteiger partial charge in [-0.15, -0.1) is 0 Å². The Bertz CT molecular complexity index is 212. The van der Waals surface area contributed by atoms with E-state index in [-0.39, 0.29) is 45.4 Å². The van der Waals surface area contributed by atoms with E-state index in [1.54, 1.807) is 0 Å². The van der Waals surface area contributed by atoms with Crippen molar-refractivity contribution in [3.8, 4) is 0 Å². The third kappa shape index (κ3) is 65.9. The number of carboxylic acids is 1. The van der Waals surface area contributed by atoms with E-state index in [0.717, 1.165) is 0 Å². The monoisotopic (exact) mass is 278 g/mol. The maximum Gasteiger partial charge on any atom is 2.00 e. The number of aliphatic hydroxyl groups is 1. The molecule has 0 radical (unpaired) electrons. The van der Waals surface area contributed by atoms with Gasteiger partial charge in [-0.3, -0.25) is 9.11 Å². The van der Waals surface area contributed by atoms with Crippen LogP contribution in [0.5, 0.6) is 0 Å². The van der Waals surface area contributed by atoms with Crippen LogP contribution in [-0.2, 0) is 34.7 Å². The van der Waals surface area contributed by atoms with E-state index in [1.807, 2.05) is 0 Å². The van der Waals surface area contributed by atoms with Gasteiger partial charge in [0.15, 0.2) is 0 Å². The molecule has 0 aliphatic rings. The van der Waals surface area contributed by atoms with Crippen molar-refractivity contribution in [1.82, 2.24) is 0 Å². The van der Waals surface area contributed by atoms with E-state index >= 15 is 0 Å². The van der Waals surface area contributed by atoms with Crippen molar-refractivity contribution in [2.45, 2.75) is 13.0 Å². The SMILES string of the molecule is CC(O)C(=O)O.O=S(=O)(O)O.[H-].[H-].[Mg+2].[Zn]. The first-order chi connectivity index (χ1) is 4.64. The minimum absolute atomic E-state index is 0. The van der Waals surface area contributed by atoms with Crippen molar-refractivity contribution in [1.29, 1.82) is 0 Å². The molecule has 0 heterocycles. The van der Waals surface area contributed by atoms with Crippen molar-refractivity contribution in [2.75, 3.05) is 0 Å². The minimum atomic E-state index is -4.67. The number of aliphatic hydroxyl groups excluding tert-OH is 1. The zero-order chi connectivity index (χ0) is 9.65. The molecule has 1 atom stereocenters. The minimum Gasteiger partial charge on any atom is -1.00 e. The van der Waals surface area contributed by atoms with Crippen LogP contribution < -0.4 is 0 Å². The Kier molecular flexibility index (Phi) is 19.4. The molecule has 0 aromatic heterocycles. The summed E-state index contributed by atoms with van der Waals surface area (Å²) in [6, 6.07) is 0. The van der Waals surface area contributed by atoms with Crippen LogP contribution >= 0.6 is 0 Å². The van der Waals surface area contributed by atoms with Crippen molar-refractivity contribution in [3.05, 3.63) is 0 Å². The fourth-order valence-corrected chi connectivity index (χ4v) is 0. The topological polar surface area (TPSA) is 132 Å². The molecule has 0 spiro atoms. The quantitative estimate of drug-likeness (QED) is 0.344. The van der Waals surface area contributed by atoms with E-state index in [2.05, 4.69) is 0 Å². The van der Waals surface area contributed by atoms with Crippen molar-refractivity contribution in [3.63, 3.8) is 0 Å². The Labute approximate surface area is 107 Å². The smallest absolute Gasteiger partial charge is 1.00 e. The van der Waals surface area contributed by atoms with E-state index in [9.17, 15) is 4.79 Å². The molecule has 0 aliphatic heterocycles. The average Bonchev–Trinajstić information content (AvgIpc) is 1.59. The molecule has 0 aromatic rings. The van der Waals surface area contributed by atoms with Crippen LogP contribution in [0, 0.1) is 0 Å². The number of rotatable bonds is 1. The third-order valence-electron chi connectivity index (χ3n) is 0.357. The van der Waals surface area contributed by atoms with Crippen LogP contribution in [0.3, 0.4) is 0 Å². The van der Waals surface area contributed by atoms with Crippen LogP contribution in [-0.4, -0.2) is 62.9 Å². The van der Waals surface area contributed by atoms with Gasteiger partial charge in [0.25, 0.3) is 0 Å². The fraction of sp³-hybridized carbons (Fsp3) is 0.667. The number of carboxylic acid groups (broad SMARTS) is 1. The van der Waals surface area contributed by atoms with Gasteiger partial charge in [0.1, 0.15) is 6.10 Å². The van der Waals surface area contributed by atoms with Crippen LogP contribution in [0.15, 0.2) is 0 Å². The van der Waals surface area contributed by atoms with Crippen molar-refractivity contribution in [2.24, 2.45) is 0 Å². The van der Waals surface area contributed by atoms with Gasteiger partial charge in [-0.05, 0) is 6.92 Å². The molecule has 0 amide bonds. The summed E-state index contributed by atoms with van der Waals surface area (Å²) in [6.07, 6.45) is -1.23. The molecule has 0 aromatic carbocycles. The molecule has 1 unspecified atom stereocenters. The molecule has 7 nitrogen and oxygen atoms in total. The summed E-state index contributed by atoms with van der Waals surface area (Å²) in [6.45, 7) is 1.20. The van der Waals surface area contributed by atoms with Crippen LogP contribution in [0.2, 0.25) is 0 Å². The molecule has 0 rings (SSSR count). The van der Waals surface area contributed by atoms with E-state index in [0.29, 0.717) is 0 Å². The maximum atomic E-state index is 9.45. The molecule has 0 saturated carbocycles. The Morgan fingerprint density at radius 2 is 1.46 bits per heavy atom. The summed E-state index contributed by atoms with van der Waals surface area (Å²) in [5, 5.41) is 15.8. The fourth-order valence-electron chi connectivity index (χ4n) is 0. The van der Waals surface area contributed by atoms with Crippen LogP contribution in [0.1, 0.15) is 9.78 Å². The number of hydrogen-bond acceptors (Lipinski definition) is 4. The number of hydrogen-bond donors (Lipinski definition) is 4. The zero-order valence-corrected chi connectivity index (χ0v) is 12.1. The van der Waals surface area contributed by atoms with E-state index in [1.165, 1.54) is 6.92 Å². The van der Waals surface area contributed by atoms with Gasteiger partial charge in [-0.1, -0.05) is 0 Å². The molecule has 0 saturated heterocycles. The molecule has 0 aliphatic carbocycles. The second kappa shape index (κ2) is 10.8. The summed E-state index contributed by atoms with van der Waals surface area (Å²) >= 11 is 0. The number of aliphatic carboxylic acids is 1. The molecular weight excluding hydrogens is 270 g/mol. The Morgan fingerprint density at radius 1 is 1.38 bits per heavy atom. The van der Waals surface area contributed by atoms with Gasteiger partial charge in [0.2, 0.25) is 0 Å².